The molecule has 2 heterocycles. The second-order valence-corrected chi connectivity index (χ2v) is 8.23. The lowest BCUT2D eigenvalue weighted by Gasteiger charge is -2.11. The number of hydrogen-bond donors (Lipinski definition) is 3. The van der Waals surface area contributed by atoms with Gasteiger partial charge in [-0.05, 0) is 48.5 Å². The summed E-state index contributed by atoms with van der Waals surface area (Å²) in [6, 6.07) is 15.9. The van der Waals surface area contributed by atoms with E-state index in [0.717, 1.165) is 0 Å². The molecule has 0 aliphatic carbocycles. The van der Waals surface area contributed by atoms with Crippen LogP contribution in [0.1, 0.15) is 5.56 Å². The molecule has 2 aromatic heterocycles. The summed E-state index contributed by atoms with van der Waals surface area (Å²) in [5.41, 5.74) is 8.75. The Morgan fingerprint density at radius 2 is 1.97 bits per heavy atom. The number of H-pyrrole nitrogens is 1. The minimum atomic E-state index is -3.87. The molecule has 4 N–H and O–H groups in total. The smallest absolute Gasteiger partial charge is 0.261 e. The number of benzene rings is 2. The molecule has 2 aromatic carbocycles. The first-order valence-electron chi connectivity index (χ1n) is 8.31. The van der Waals surface area contributed by atoms with Crippen molar-refractivity contribution in [2.45, 2.75) is 4.90 Å². The van der Waals surface area contributed by atoms with Crippen LogP contribution in [0, 0.1) is 11.3 Å². The van der Waals surface area contributed by atoms with E-state index < -0.39 is 10.0 Å². The largest absolute Gasteiger partial charge is 0.380 e. The normalized spacial score (nSPS) is 11.3. The highest BCUT2D eigenvalue weighted by Gasteiger charge is 2.16. The Labute approximate surface area is 171 Å². The number of nitrogen functional groups attached to an aromatic ring is 1. The molecule has 4 rings (SSSR count). The molecule has 8 nitrogen and oxygen atoms in total. The number of nitrogens with one attached hydrogen (secondary N) is 2. The molecule has 0 saturated carbocycles. The van der Waals surface area contributed by atoms with Crippen molar-refractivity contribution in [1.82, 2.24) is 15.2 Å². The highest BCUT2D eigenvalue weighted by molar-refractivity contribution is 7.92. The highest BCUT2D eigenvalue weighted by Crippen LogP contribution is 2.31. The Morgan fingerprint density at radius 1 is 1.14 bits per heavy atom. The van der Waals surface area contributed by atoms with E-state index in [9.17, 15) is 8.42 Å². The predicted octanol–water partition coefficient (Wildman–Crippen LogP) is 3.53. The van der Waals surface area contributed by atoms with Crippen molar-refractivity contribution in [3.63, 3.8) is 0 Å². The first kappa shape index (κ1) is 18.7. The minimum absolute atomic E-state index is 0.0145. The van der Waals surface area contributed by atoms with Crippen LogP contribution in [0.5, 0.6) is 0 Å². The summed E-state index contributed by atoms with van der Waals surface area (Å²) >= 11 is 6.38. The van der Waals surface area contributed by atoms with Gasteiger partial charge in [-0.25, -0.2) is 13.4 Å². The summed E-state index contributed by atoms with van der Waals surface area (Å²) in [5.74, 6) is 0.280. The average molecular weight is 425 g/mol. The molecule has 4 aromatic rings. The van der Waals surface area contributed by atoms with Crippen molar-refractivity contribution in [1.29, 1.82) is 5.26 Å². The van der Waals surface area contributed by atoms with Crippen LogP contribution < -0.4 is 10.5 Å². The fourth-order valence-corrected chi connectivity index (χ4v) is 4.17. The first-order valence-corrected chi connectivity index (χ1v) is 10.2. The second-order valence-electron chi connectivity index (χ2n) is 6.14. The third-order valence-electron chi connectivity index (χ3n) is 4.21. The van der Waals surface area contributed by atoms with Gasteiger partial charge in [0.1, 0.15) is 5.52 Å². The summed E-state index contributed by atoms with van der Waals surface area (Å²) in [6.45, 7) is 0. The van der Waals surface area contributed by atoms with Gasteiger partial charge in [-0.3, -0.25) is 9.82 Å². The van der Waals surface area contributed by atoms with E-state index in [2.05, 4.69) is 19.9 Å². The van der Waals surface area contributed by atoms with Crippen molar-refractivity contribution in [2.24, 2.45) is 0 Å². The zero-order valence-electron chi connectivity index (χ0n) is 14.7. The third kappa shape index (κ3) is 3.59. The third-order valence-corrected chi connectivity index (χ3v) is 5.90. The Morgan fingerprint density at radius 3 is 2.72 bits per heavy atom. The van der Waals surface area contributed by atoms with Crippen molar-refractivity contribution in [3.05, 3.63) is 65.2 Å². The topological polar surface area (TPSA) is 138 Å². The lowest BCUT2D eigenvalue weighted by atomic mass is 10.1. The standard InChI is InChI=1S/C19H13ClN6O2S/c20-15-9-12(26-29(27,28)13-3-1-2-11(8-13)10-21)4-5-14(15)16-6-7-17-18(23-16)19(22)25-24-17/h1-9,26H,(H3,22,24,25). The van der Waals surface area contributed by atoms with Gasteiger partial charge in [0.15, 0.2) is 5.82 Å². The molecule has 144 valence electrons. The Balaban J connectivity index is 1.66. The SMILES string of the molecule is N#Cc1cccc(S(=O)(=O)Nc2ccc(-c3ccc4[nH]nc(N)c4n3)c(Cl)c2)c1. The summed E-state index contributed by atoms with van der Waals surface area (Å²) in [5, 5.41) is 16.0. The van der Waals surface area contributed by atoms with Crippen LogP contribution in [-0.4, -0.2) is 23.6 Å². The van der Waals surface area contributed by atoms with Crippen molar-refractivity contribution in [3.8, 4) is 17.3 Å². The number of sulfonamides is 1. The van der Waals surface area contributed by atoms with Crippen molar-refractivity contribution in [2.75, 3.05) is 10.5 Å². The number of aromatic amines is 1. The molecule has 0 fully saturated rings. The van der Waals surface area contributed by atoms with Gasteiger partial charge in [-0.15, -0.1) is 0 Å². The molecule has 0 amide bonds. The van der Waals surface area contributed by atoms with E-state index in [1.807, 2.05) is 6.07 Å². The summed E-state index contributed by atoms with van der Waals surface area (Å²) < 4.78 is 27.6. The van der Waals surface area contributed by atoms with E-state index in [-0.39, 0.29) is 22.0 Å². The van der Waals surface area contributed by atoms with Crippen LogP contribution in [0.3, 0.4) is 0 Å². The first-order chi connectivity index (χ1) is 13.9. The molecule has 0 aliphatic heterocycles. The number of nitriles is 1. The number of pyridine rings is 1. The number of halogens is 1. The number of rotatable bonds is 4. The molecule has 0 radical (unpaired) electrons. The molecule has 0 spiro atoms. The molecule has 0 bridgehead atoms. The van der Waals surface area contributed by atoms with Crippen LogP contribution in [0.2, 0.25) is 5.02 Å². The minimum Gasteiger partial charge on any atom is -0.380 e. The molecular formula is C19H13ClN6O2S. The molecule has 0 unspecified atom stereocenters. The van der Waals surface area contributed by atoms with Crippen LogP contribution in [0.25, 0.3) is 22.3 Å². The maximum Gasteiger partial charge on any atom is 0.261 e. The van der Waals surface area contributed by atoms with E-state index in [1.165, 1.54) is 30.3 Å². The van der Waals surface area contributed by atoms with Crippen LogP contribution in [0.4, 0.5) is 11.5 Å². The van der Waals surface area contributed by atoms with E-state index >= 15 is 0 Å². The number of anilines is 2. The molecular weight excluding hydrogens is 412 g/mol. The van der Waals surface area contributed by atoms with Gasteiger partial charge in [0.25, 0.3) is 10.0 Å². The fraction of sp³-hybridized carbons (Fsp3) is 0. The maximum atomic E-state index is 12.6. The summed E-state index contributed by atoms with van der Waals surface area (Å²) in [6.07, 6.45) is 0. The molecule has 10 heteroatoms. The monoisotopic (exact) mass is 424 g/mol. The number of nitrogens with two attached hydrogens (primary N) is 1. The summed E-state index contributed by atoms with van der Waals surface area (Å²) in [7, 11) is -3.87. The number of nitrogens with zero attached hydrogens (tertiary/aromatic N) is 3. The van der Waals surface area contributed by atoms with Gasteiger partial charge >= 0.3 is 0 Å². The van der Waals surface area contributed by atoms with Crippen molar-refractivity contribution >= 4 is 44.2 Å². The Hall–Kier alpha value is -3.61. The quantitative estimate of drug-likeness (QED) is 0.458. The van der Waals surface area contributed by atoms with Crippen LogP contribution in [-0.2, 0) is 10.0 Å². The van der Waals surface area contributed by atoms with Crippen LogP contribution >= 0.6 is 11.6 Å². The van der Waals surface area contributed by atoms with Gasteiger partial charge < -0.3 is 5.73 Å². The second kappa shape index (κ2) is 7.09. The van der Waals surface area contributed by atoms with Gasteiger partial charge in [0.2, 0.25) is 0 Å². The number of aromatic nitrogens is 3. The molecule has 29 heavy (non-hydrogen) atoms. The molecule has 0 aliphatic rings. The maximum absolute atomic E-state index is 12.6. The highest BCUT2D eigenvalue weighted by atomic mass is 35.5. The summed E-state index contributed by atoms with van der Waals surface area (Å²) in [4.78, 5) is 4.45. The average Bonchev–Trinajstić information content (AvgIpc) is 3.08. The van der Waals surface area contributed by atoms with Gasteiger partial charge in [0, 0.05) is 5.56 Å². The van der Waals surface area contributed by atoms with E-state index in [1.54, 1.807) is 24.3 Å². The van der Waals surface area contributed by atoms with Crippen LogP contribution in [0.15, 0.2) is 59.5 Å². The lowest BCUT2D eigenvalue weighted by Crippen LogP contribution is -2.13. The van der Waals surface area contributed by atoms with Gasteiger partial charge in [0.05, 0.1) is 38.4 Å². The molecule has 0 atom stereocenters. The Bertz CT molecular complexity index is 1390. The van der Waals surface area contributed by atoms with Gasteiger partial charge in [-0.2, -0.15) is 10.4 Å². The van der Waals surface area contributed by atoms with E-state index in [4.69, 9.17) is 22.6 Å². The number of hydrogen-bond acceptors (Lipinski definition) is 6. The van der Waals surface area contributed by atoms with E-state index in [0.29, 0.717) is 27.3 Å². The fourth-order valence-electron chi connectivity index (χ4n) is 2.80. The van der Waals surface area contributed by atoms with Gasteiger partial charge in [-0.1, -0.05) is 17.7 Å². The Kier molecular flexibility index (Phi) is 4.58. The predicted molar refractivity (Wildman–Crippen MR) is 111 cm³/mol. The molecule has 0 saturated heterocycles. The van der Waals surface area contributed by atoms with Crippen molar-refractivity contribution < 1.29 is 8.42 Å². The number of fused-ring (bicyclic) bond motifs is 1. The zero-order chi connectivity index (χ0) is 20.6. The zero-order valence-corrected chi connectivity index (χ0v) is 16.3. The lowest BCUT2D eigenvalue weighted by molar-refractivity contribution is 0.601.